The molecule has 2 N–H and O–H groups in total. The summed E-state index contributed by atoms with van der Waals surface area (Å²) in [6, 6.07) is 14.2. The van der Waals surface area contributed by atoms with E-state index < -0.39 is 47.2 Å². The van der Waals surface area contributed by atoms with Crippen LogP contribution in [-0.4, -0.2) is 21.4 Å². The summed E-state index contributed by atoms with van der Waals surface area (Å²) in [5, 5.41) is 4.38. The van der Waals surface area contributed by atoms with Crippen LogP contribution in [0.5, 0.6) is 0 Å². The lowest BCUT2D eigenvalue weighted by Gasteiger charge is -2.16. The predicted molar refractivity (Wildman–Crippen MR) is 120 cm³/mol. The highest BCUT2D eigenvalue weighted by atomic mass is 19.4. The fourth-order valence-corrected chi connectivity index (χ4v) is 3.42. The van der Waals surface area contributed by atoms with Crippen molar-refractivity contribution in [1.82, 2.24) is 9.55 Å². The summed E-state index contributed by atoms with van der Waals surface area (Å²) in [4.78, 5) is 41.0. The molecule has 0 bridgehead atoms. The van der Waals surface area contributed by atoms with Crippen LogP contribution in [0.25, 0.3) is 11.0 Å². The second kappa shape index (κ2) is 9.37. The number of nitrogens with zero attached hydrogens (tertiary/aromatic N) is 2. The third-order valence-electron chi connectivity index (χ3n) is 5.03. The zero-order valence-electron chi connectivity index (χ0n) is 17.8. The van der Waals surface area contributed by atoms with Crippen molar-refractivity contribution in [3.05, 3.63) is 100 Å². The van der Waals surface area contributed by atoms with Gasteiger partial charge in [-0.1, -0.05) is 24.3 Å². The minimum atomic E-state index is -4.89. The highest BCUT2D eigenvalue weighted by molar-refractivity contribution is 6.04. The van der Waals surface area contributed by atoms with Gasteiger partial charge in [-0.15, -0.1) is 0 Å². The molecule has 4 rings (SSSR count). The normalized spacial score (nSPS) is 11.3. The first-order valence-electron chi connectivity index (χ1n) is 10.1. The fraction of sp³-hybridized carbons (Fsp3) is 0.0833. The van der Waals surface area contributed by atoms with Crippen LogP contribution < -0.4 is 16.2 Å². The third kappa shape index (κ3) is 5.18. The Bertz CT molecular complexity index is 1500. The lowest BCUT2D eigenvalue weighted by molar-refractivity contribution is -0.136. The molecule has 0 radical (unpaired) electrons. The molecule has 0 aliphatic carbocycles. The average Bonchev–Trinajstić information content (AvgIpc) is 2.81. The van der Waals surface area contributed by atoms with E-state index in [0.717, 1.165) is 29.0 Å². The van der Waals surface area contributed by atoms with Gasteiger partial charge in [0.2, 0.25) is 5.91 Å². The minimum absolute atomic E-state index is 0.250. The lowest BCUT2D eigenvalue weighted by atomic mass is 10.1. The van der Waals surface area contributed by atoms with E-state index in [-0.39, 0.29) is 11.3 Å². The standard InChI is InChI=1S/C24H16F4N4O3/c25-17-6-2-1-5-15(17)23(35)30-14-9-10-18(16(11-14)24(26,27)28)31-21(33)13-32-20-8-4-3-7-19(20)29-12-22(32)34/h1-12H,13H2,(H,30,35)(H,31,33). The molecular weight excluding hydrogens is 468 g/mol. The number of halogens is 4. The lowest BCUT2D eigenvalue weighted by Crippen LogP contribution is -2.28. The number of benzene rings is 3. The van der Waals surface area contributed by atoms with Gasteiger partial charge in [-0.3, -0.25) is 19.0 Å². The maximum atomic E-state index is 13.8. The number of para-hydroxylation sites is 2. The van der Waals surface area contributed by atoms with Gasteiger partial charge in [-0.25, -0.2) is 9.37 Å². The Labute approximate surface area is 195 Å². The number of fused-ring (bicyclic) bond motifs is 1. The second-order valence-electron chi connectivity index (χ2n) is 7.41. The first-order chi connectivity index (χ1) is 16.6. The molecule has 1 aromatic heterocycles. The van der Waals surface area contributed by atoms with Crippen LogP contribution in [0.1, 0.15) is 15.9 Å². The highest BCUT2D eigenvalue weighted by Gasteiger charge is 2.34. The number of alkyl halides is 3. The smallest absolute Gasteiger partial charge is 0.324 e. The molecule has 3 aromatic carbocycles. The van der Waals surface area contributed by atoms with Crippen LogP contribution in [-0.2, 0) is 17.5 Å². The number of carbonyl (C=O) groups is 2. The zero-order valence-corrected chi connectivity index (χ0v) is 17.8. The number of rotatable bonds is 5. The number of amides is 2. The highest BCUT2D eigenvalue weighted by Crippen LogP contribution is 2.36. The van der Waals surface area contributed by atoms with Crippen molar-refractivity contribution in [3.63, 3.8) is 0 Å². The monoisotopic (exact) mass is 484 g/mol. The van der Waals surface area contributed by atoms with Crippen molar-refractivity contribution >= 4 is 34.2 Å². The van der Waals surface area contributed by atoms with Gasteiger partial charge in [0, 0.05) is 5.69 Å². The number of nitrogens with one attached hydrogen (secondary N) is 2. The molecule has 2 amide bonds. The third-order valence-corrected chi connectivity index (χ3v) is 5.03. The number of aromatic nitrogens is 2. The van der Waals surface area contributed by atoms with Crippen LogP contribution in [0.2, 0.25) is 0 Å². The van der Waals surface area contributed by atoms with E-state index in [1.54, 1.807) is 24.3 Å². The molecule has 35 heavy (non-hydrogen) atoms. The summed E-state index contributed by atoms with van der Waals surface area (Å²) in [6.07, 6.45) is -3.87. The number of hydrogen-bond acceptors (Lipinski definition) is 4. The van der Waals surface area contributed by atoms with Gasteiger partial charge in [0.25, 0.3) is 11.5 Å². The van der Waals surface area contributed by atoms with Crippen molar-refractivity contribution in [2.24, 2.45) is 0 Å². The van der Waals surface area contributed by atoms with Crippen molar-refractivity contribution in [1.29, 1.82) is 0 Å². The second-order valence-corrected chi connectivity index (χ2v) is 7.41. The van der Waals surface area contributed by atoms with Crippen molar-refractivity contribution in [3.8, 4) is 0 Å². The Morgan fingerprint density at radius 3 is 2.40 bits per heavy atom. The van der Waals surface area contributed by atoms with Gasteiger partial charge in [-0.05, 0) is 42.5 Å². The van der Waals surface area contributed by atoms with E-state index in [2.05, 4.69) is 15.6 Å². The van der Waals surface area contributed by atoms with Gasteiger partial charge in [0.05, 0.1) is 34.0 Å². The Morgan fingerprint density at radius 1 is 0.943 bits per heavy atom. The summed E-state index contributed by atoms with van der Waals surface area (Å²) < 4.78 is 56.0. The first kappa shape index (κ1) is 23.6. The largest absolute Gasteiger partial charge is 0.418 e. The Kier molecular flexibility index (Phi) is 6.32. The van der Waals surface area contributed by atoms with E-state index in [1.165, 1.54) is 18.2 Å². The topological polar surface area (TPSA) is 93.1 Å². The van der Waals surface area contributed by atoms with Gasteiger partial charge in [0.1, 0.15) is 12.4 Å². The van der Waals surface area contributed by atoms with E-state index >= 15 is 0 Å². The quantitative estimate of drug-likeness (QED) is 0.410. The van der Waals surface area contributed by atoms with E-state index in [4.69, 9.17) is 0 Å². The summed E-state index contributed by atoms with van der Waals surface area (Å²) in [5.74, 6) is -2.64. The van der Waals surface area contributed by atoms with Crippen LogP contribution in [0.4, 0.5) is 28.9 Å². The van der Waals surface area contributed by atoms with Gasteiger partial charge in [0.15, 0.2) is 0 Å². The molecular formula is C24H16F4N4O3. The average molecular weight is 484 g/mol. The number of carbonyl (C=O) groups excluding carboxylic acids is 2. The Balaban J connectivity index is 1.59. The molecule has 0 aliphatic rings. The van der Waals surface area contributed by atoms with Crippen LogP contribution >= 0.6 is 0 Å². The molecule has 0 unspecified atom stereocenters. The molecule has 7 nitrogen and oxygen atoms in total. The summed E-state index contributed by atoms with van der Waals surface area (Å²) >= 11 is 0. The molecule has 0 saturated carbocycles. The Hall–Kier alpha value is -4.54. The van der Waals surface area contributed by atoms with Crippen molar-refractivity contribution in [2.75, 3.05) is 10.6 Å². The zero-order chi connectivity index (χ0) is 25.2. The number of hydrogen-bond donors (Lipinski definition) is 2. The summed E-state index contributed by atoms with van der Waals surface area (Å²) in [7, 11) is 0. The van der Waals surface area contributed by atoms with Gasteiger partial charge < -0.3 is 10.6 Å². The molecule has 11 heteroatoms. The maximum absolute atomic E-state index is 13.8. The van der Waals surface area contributed by atoms with Gasteiger partial charge >= 0.3 is 6.18 Å². The van der Waals surface area contributed by atoms with Crippen LogP contribution in [0.15, 0.2) is 77.7 Å². The van der Waals surface area contributed by atoms with Crippen LogP contribution in [0, 0.1) is 5.82 Å². The van der Waals surface area contributed by atoms with E-state index in [1.807, 2.05) is 0 Å². The predicted octanol–water partition coefficient (Wildman–Crippen LogP) is 4.45. The SMILES string of the molecule is O=C(Cn1c(=O)cnc2ccccc21)Nc1ccc(NC(=O)c2ccccc2F)cc1C(F)(F)F. The summed E-state index contributed by atoms with van der Waals surface area (Å²) in [6.45, 7) is -0.551. The van der Waals surface area contributed by atoms with Gasteiger partial charge in [-0.2, -0.15) is 13.2 Å². The van der Waals surface area contributed by atoms with Crippen molar-refractivity contribution < 1.29 is 27.2 Å². The van der Waals surface area contributed by atoms with Crippen molar-refractivity contribution in [2.45, 2.75) is 12.7 Å². The molecule has 0 fully saturated rings. The molecule has 0 atom stereocenters. The van der Waals surface area contributed by atoms with E-state index in [9.17, 15) is 31.9 Å². The van der Waals surface area contributed by atoms with Crippen LogP contribution in [0.3, 0.4) is 0 Å². The molecule has 0 aliphatic heterocycles. The number of anilines is 2. The Morgan fingerprint density at radius 2 is 1.66 bits per heavy atom. The van der Waals surface area contributed by atoms with E-state index in [0.29, 0.717) is 17.1 Å². The molecule has 1 heterocycles. The maximum Gasteiger partial charge on any atom is 0.418 e. The molecule has 0 saturated heterocycles. The summed E-state index contributed by atoms with van der Waals surface area (Å²) in [5.41, 5.74) is -2.21. The fourth-order valence-electron chi connectivity index (χ4n) is 3.42. The minimum Gasteiger partial charge on any atom is -0.324 e. The molecule has 0 spiro atoms. The first-order valence-corrected chi connectivity index (χ1v) is 10.1. The molecule has 178 valence electrons. The molecule has 4 aromatic rings.